The van der Waals surface area contributed by atoms with Crippen molar-refractivity contribution in [1.82, 2.24) is 0 Å². The van der Waals surface area contributed by atoms with E-state index in [2.05, 4.69) is 0 Å². The largest absolute Gasteiger partial charge is 0.369 e. The van der Waals surface area contributed by atoms with Crippen LogP contribution < -0.4 is 0 Å². The third-order valence-corrected chi connectivity index (χ3v) is 6.29. The van der Waals surface area contributed by atoms with Crippen molar-refractivity contribution in [3.8, 4) is 0 Å². The molecular formula is C17H18O3S. The van der Waals surface area contributed by atoms with Gasteiger partial charge in [-0.1, -0.05) is 48.5 Å². The van der Waals surface area contributed by atoms with Crippen LogP contribution in [0.1, 0.15) is 25.0 Å². The first kappa shape index (κ1) is 14.3. The molecule has 1 aliphatic heterocycles. The van der Waals surface area contributed by atoms with Gasteiger partial charge in [-0.15, -0.1) is 0 Å². The van der Waals surface area contributed by atoms with Gasteiger partial charge in [-0.3, -0.25) is 0 Å². The van der Waals surface area contributed by atoms with E-state index in [9.17, 15) is 8.42 Å². The summed E-state index contributed by atoms with van der Waals surface area (Å²) in [4.78, 5) is 0.374. The van der Waals surface area contributed by atoms with Gasteiger partial charge in [0.15, 0.2) is 9.84 Å². The molecule has 1 heterocycles. The van der Waals surface area contributed by atoms with Crippen LogP contribution in [0.3, 0.4) is 0 Å². The molecule has 1 fully saturated rings. The van der Waals surface area contributed by atoms with Crippen molar-refractivity contribution in [1.29, 1.82) is 0 Å². The molecule has 3 rings (SSSR count). The van der Waals surface area contributed by atoms with Crippen molar-refractivity contribution >= 4 is 9.84 Å². The molecule has 2 aromatic carbocycles. The lowest BCUT2D eigenvalue weighted by Crippen LogP contribution is -2.27. The fourth-order valence-electron chi connectivity index (χ4n) is 2.85. The molecule has 2 aromatic rings. The summed E-state index contributed by atoms with van der Waals surface area (Å²) in [6.07, 6.45) is 0.0488. The summed E-state index contributed by atoms with van der Waals surface area (Å²) in [5.74, 6) is 0. The van der Waals surface area contributed by atoms with E-state index in [-0.39, 0.29) is 12.2 Å². The SMILES string of the molecule is C[C@H]1O[C@@H](c2ccccc2)C[C@@H]1S(=O)(=O)c1ccccc1. The zero-order chi connectivity index (χ0) is 14.9. The first-order chi connectivity index (χ1) is 10.1. The summed E-state index contributed by atoms with van der Waals surface area (Å²) in [7, 11) is -3.35. The van der Waals surface area contributed by atoms with Gasteiger partial charge in [-0.25, -0.2) is 8.42 Å². The predicted octanol–water partition coefficient (Wildman–Crippen LogP) is 3.38. The Balaban J connectivity index is 1.87. The van der Waals surface area contributed by atoms with Crippen LogP contribution in [0.25, 0.3) is 0 Å². The van der Waals surface area contributed by atoms with Crippen LogP contribution in [-0.2, 0) is 14.6 Å². The normalized spacial score (nSPS) is 25.9. The highest BCUT2D eigenvalue weighted by atomic mass is 32.2. The molecule has 0 spiro atoms. The van der Waals surface area contributed by atoms with Crippen molar-refractivity contribution in [3.05, 3.63) is 66.2 Å². The minimum absolute atomic E-state index is 0.148. The maximum Gasteiger partial charge on any atom is 0.183 e. The average Bonchev–Trinajstić information content (AvgIpc) is 2.92. The van der Waals surface area contributed by atoms with Crippen molar-refractivity contribution < 1.29 is 13.2 Å². The summed E-state index contributed by atoms with van der Waals surface area (Å²) in [6, 6.07) is 18.4. The van der Waals surface area contributed by atoms with Crippen LogP contribution in [0.4, 0.5) is 0 Å². The highest BCUT2D eigenvalue weighted by Gasteiger charge is 2.41. The van der Waals surface area contributed by atoms with Gasteiger partial charge in [0.1, 0.15) is 0 Å². The smallest absolute Gasteiger partial charge is 0.183 e. The Hall–Kier alpha value is -1.65. The molecule has 0 aliphatic carbocycles. The highest BCUT2D eigenvalue weighted by Crippen LogP contribution is 2.38. The maximum atomic E-state index is 12.7. The Morgan fingerprint density at radius 1 is 0.952 bits per heavy atom. The first-order valence-corrected chi connectivity index (χ1v) is 8.63. The fourth-order valence-corrected chi connectivity index (χ4v) is 4.73. The van der Waals surface area contributed by atoms with Gasteiger partial charge in [0.2, 0.25) is 0 Å². The Morgan fingerprint density at radius 2 is 1.52 bits per heavy atom. The van der Waals surface area contributed by atoms with Crippen LogP contribution in [-0.4, -0.2) is 19.8 Å². The molecule has 21 heavy (non-hydrogen) atoms. The third kappa shape index (κ3) is 2.74. The van der Waals surface area contributed by atoms with E-state index in [1.54, 1.807) is 24.3 Å². The van der Waals surface area contributed by atoms with Crippen LogP contribution >= 0.6 is 0 Å². The Labute approximate surface area is 125 Å². The quantitative estimate of drug-likeness (QED) is 0.873. The van der Waals surface area contributed by atoms with Crippen molar-refractivity contribution in [3.63, 3.8) is 0 Å². The molecule has 3 nitrogen and oxygen atoms in total. The van der Waals surface area contributed by atoms with E-state index < -0.39 is 15.1 Å². The van der Waals surface area contributed by atoms with E-state index >= 15 is 0 Å². The molecule has 0 bridgehead atoms. The molecule has 0 radical (unpaired) electrons. The number of rotatable bonds is 3. The maximum absolute atomic E-state index is 12.7. The topological polar surface area (TPSA) is 43.4 Å². The molecule has 0 saturated carbocycles. The van der Waals surface area contributed by atoms with E-state index in [0.717, 1.165) is 5.56 Å². The van der Waals surface area contributed by atoms with Crippen LogP contribution in [0.5, 0.6) is 0 Å². The van der Waals surface area contributed by atoms with Crippen molar-refractivity contribution in [2.45, 2.75) is 35.7 Å². The Morgan fingerprint density at radius 3 is 2.14 bits per heavy atom. The summed E-state index contributed by atoms with van der Waals surface area (Å²) < 4.78 is 31.4. The lowest BCUT2D eigenvalue weighted by Gasteiger charge is -2.14. The van der Waals surface area contributed by atoms with Gasteiger partial charge in [-0.2, -0.15) is 0 Å². The van der Waals surface area contributed by atoms with Crippen molar-refractivity contribution in [2.75, 3.05) is 0 Å². The van der Waals surface area contributed by atoms with Gasteiger partial charge >= 0.3 is 0 Å². The number of benzene rings is 2. The van der Waals surface area contributed by atoms with E-state index in [1.807, 2.05) is 43.3 Å². The summed E-state index contributed by atoms with van der Waals surface area (Å²) in [5.41, 5.74) is 1.04. The van der Waals surface area contributed by atoms with Gasteiger partial charge in [0.25, 0.3) is 0 Å². The second-order valence-electron chi connectivity index (χ2n) is 5.37. The second-order valence-corrected chi connectivity index (χ2v) is 7.54. The molecule has 0 unspecified atom stereocenters. The third-order valence-electron chi connectivity index (χ3n) is 3.99. The number of hydrogen-bond donors (Lipinski definition) is 0. The minimum Gasteiger partial charge on any atom is -0.369 e. The molecule has 0 N–H and O–H groups in total. The summed E-state index contributed by atoms with van der Waals surface area (Å²) in [5, 5.41) is -0.495. The summed E-state index contributed by atoms with van der Waals surface area (Å²) >= 11 is 0. The summed E-state index contributed by atoms with van der Waals surface area (Å²) in [6.45, 7) is 1.84. The Bertz CT molecular complexity index is 695. The molecular weight excluding hydrogens is 284 g/mol. The zero-order valence-electron chi connectivity index (χ0n) is 11.8. The van der Waals surface area contributed by atoms with Gasteiger partial charge < -0.3 is 4.74 Å². The Kier molecular flexibility index (Phi) is 3.83. The van der Waals surface area contributed by atoms with Crippen LogP contribution in [0, 0.1) is 0 Å². The molecule has 3 atom stereocenters. The second kappa shape index (κ2) is 5.62. The average molecular weight is 302 g/mol. The van der Waals surface area contributed by atoms with Crippen LogP contribution in [0.15, 0.2) is 65.6 Å². The highest BCUT2D eigenvalue weighted by molar-refractivity contribution is 7.92. The molecule has 1 saturated heterocycles. The zero-order valence-corrected chi connectivity index (χ0v) is 12.7. The molecule has 110 valence electrons. The minimum atomic E-state index is -3.35. The molecule has 4 heteroatoms. The monoisotopic (exact) mass is 302 g/mol. The first-order valence-electron chi connectivity index (χ1n) is 7.08. The van der Waals surface area contributed by atoms with Gasteiger partial charge in [0.05, 0.1) is 22.4 Å². The van der Waals surface area contributed by atoms with Crippen molar-refractivity contribution in [2.24, 2.45) is 0 Å². The number of ether oxygens (including phenoxy) is 1. The van der Waals surface area contributed by atoms with E-state index in [4.69, 9.17) is 4.74 Å². The number of sulfone groups is 1. The van der Waals surface area contributed by atoms with Crippen LogP contribution in [0.2, 0.25) is 0 Å². The van der Waals surface area contributed by atoms with E-state index in [1.165, 1.54) is 0 Å². The lowest BCUT2D eigenvalue weighted by molar-refractivity contribution is 0.0561. The van der Waals surface area contributed by atoms with Gasteiger partial charge in [-0.05, 0) is 31.0 Å². The number of hydrogen-bond acceptors (Lipinski definition) is 3. The predicted molar refractivity (Wildman–Crippen MR) is 81.8 cm³/mol. The lowest BCUT2D eigenvalue weighted by atomic mass is 10.1. The molecule has 0 aromatic heterocycles. The van der Waals surface area contributed by atoms with Gasteiger partial charge in [0, 0.05) is 0 Å². The van der Waals surface area contributed by atoms with E-state index in [0.29, 0.717) is 11.3 Å². The molecule has 0 amide bonds. The standard InChI is InChI=1S/C17H18O3S/c1-13-17(21(18,19)15-10-6-3-7-11-15)12-16(20-13)14-8-4-2-5-9-14/h2-11,13,16-17H,12H2,1H3/t13-,16-,17+/m1/s1. The molecule has 1 aliphatic rings. The fraction of sp³-hybridized carbons (Fsp3) is 0.294.